The third-order valence-corrected chi connectivity index (χ3v) is 2.73. The Hall–Kier alpha value is -0.0500. The van der Waals surface area contributed by atoms with Crippen molar-refractivity contribution in [3.63, 3.8) is 0 Å². The lowest BCUT2D eigenvalue weighted by molar-refractivity contribution is 0.617. The number of unbranched alkanes of at least 4 members (excludes halogenated alkanes) is 2. The van der Waals surface area contributed by atoms with E-state index in [1.54, 1.807) is 0 Å². The fraction of sp³-hybridized carbons (Fsp3) is 0.500. The van der Waals surface area contributed by atoms with Crippen molar-refractivity contribution < 1.29 is 0 Å². The molecular formula is C12H19BrClN. The highest BCUT2D eigenvalue weighted by molar-refractivity contribution is 9.10. The second kappa shape index (κ2) is 9.20. The molecule has 0 spiro atoms. The second-order valence-electron chi connectivity index (χ2n) is 3.51. The van der Waals surface area contributed by atoms with Gasteiger partial charge in [0.05, 0.1) is 0 Å². The first-order valence-corrected chi connectivity index (χ1v) is 6.07. The van der Waals surface area contributed by atoms with Crippen LogP contribution in [0, 0.1) is 0 Å². The van der Waals surface area contributed by atoms with Gasteiger partial charge in [-0.15, -0.1) is 12.4 Å². The van der Waals surface area contributed by atoms with E-state index < -0.39 is 0 Å². The van der Waals surface area contributed by atoms with E-state index in [9.17, 15) is 0 Å². The van der Waals surface area contributed by atoms with Gasteiger partial charge in [-0.05, 0) is 30.7 Å². The van der Waals surface area contributed by atoms with Crippen molar-refractivity contribution in [2.75, 3.05) is 6.54 Å². The van der Waals surface area contributed by atoms with Crippen molar-refractivity contribution in [1.29, 1.82) is 0 Å². The lowest BCUT2D eigenvalue weighted by atomic mass is 10.2. The Morgan fingerprint density at radius 1 is 1.13 bits per heavy atom. The molecule has 1 N–H and O–H groups in total. The van der Waals surface area contributed by atoms with Gasteiger partial charge in [-0.1, -0.05) is 47.8 Å². The van der Waals surface area contributed by atoms with Crippen LogP contribution in [0.1, 0.15) is 31.7 Å². The number of benzene rings is 1. The molecule has 0 atom stereocenters. The lowest BCUT2D eigenvalue weighted by Gasteiger charge is -2.04. The predicted octanol–water partition coefficient (Wildman–Crippen LogP) is 4.15. The van der Waals surface area contributed by atoms with Gasteiger partial charge in [-0.2, -0.15) is 0 Å². The third kappa shape index (κ3) is 6.93. The average molecular weight is 293 g/mol. The van der Waals surface area contributed by atoms with E-state index in [2.05, 4.69) is 52.4 Å². The highest BCUT2D eigenvalue weighted by Gasteiger charge is 1.92. The van der Waals surface area contributed by atoms with Gasteiger partial charge in [-0.3, -0.25) is 0 Å². The molecule has 1 nitrogen and oxygen atoms in total. The molecule has 0 aliphatic rings. The second-order valence-corrected chi connectivity index (χ2v) is 4.43. The highest BCUT2D eigenvalue weighted by Crippen LogP contribution is 2.10. The van der Waals surface area contributed by atoms with Crippen LogP contribution in [0.2, 0.25) is 0 Å². The number of hydrogen-bond donors (Lipinski definition) is 1. The van der Waals surface area contributed by atoms with Crippen molar-refractivity contribution in [2.24, 2.45) is 0 Å². The van der Waals surface area contributed by atoms with Crippen LogP contribution in [0.5, 0.6) is 0 Å². The average Bonchev–Trinajstić information content (AvgIpc) is 2.21. The minimum Gasteiger partial charge on any atom is -0.313 e. The number of halogens is 2. The normalized spacial score (nSPS) is 9.73. The van der Waals surface area contributed by atoms with Gasteiger partial charge in [-0.25, -0.2) is 0 Å². The summed E-state index contributed by atoms with van der Waals surface area (Å²) in [6, 6.07) is 8.47. The van der Waals surface area contributed by atoms with Crippen molar-refractivity contribution in [3.8, 4) is 0 Å². The molecule has 0 heterocycles. The molecule has 1 rings (SSSR count). The molecule has 0 saturated carbocycles. The summed E-state index contributed by atoms with van der Waals surface area (Å²) in [5.41, 5.74) is 1.35. The first-order valence-electron chi connectivity index (χ1n) is 5.28. The smallest absolute Gasteiger partial charge is 0.0205 e. The molecule has 0 aromatic heterocycles. The summed E-state index contributed by atoms with van der Waals surface area (Å²) in [6.07, 6.45) is 3.90. The van der Waals surface area contributed by atoms with E-state index in [0.717, 1.165) is 17.6 Å². The van der Waals surface area contributed by atoms with E-state index in [-0.39, 0.29) is 12.4 Å². The maximum Gasteiger partial charge on any atom is 0.0205 e. The van der Waals surface area contributed by atoms with E-state index in [4.69, 9.17) is 0 Å². The van der Waals surface area contributed by atoms with Crippen molar-refractivity contribution >= 4 is 28.3 Å². The molecule has 3 heteroatoms. The number of rotatable bonds is 6. The van der Waals surface area contributed by atoms with Crippen molar-refractivity contribution in [1.82, 2.24) is 5.32 Å². The standard InChI is InChI=1S/C12H18BrN.ClH/c1-2-3-4-9-14-10-11-5-7-12(13)8-6-11;/h5-8,14H,2-4,9-10H2,1H3;1H. The topological polar surface area (TPSA) is 12.0 Å². The zero-order chi connectivity index (χ0) is 10.2. The summed E-state index contributed by atoms with van der Waals surface area (Å²) in [5, 5.41) is 3.44. The SMILES string of the molecule is CCCCCNCc1ccc(Br)cc1.Cl. The third-order valence-electron chi connectivity index (χ3n) is 2.20. The van der Waals surface area contributed by atoms with Gasteiger partial charge in [0.25, 0.3) is 0 Å². The summed E-state index contributed by atoms with van der Waals surface area (Å²) in [5.74, 6) is 0. The Balaban J connectivity index is 0.00000196. The summed E-state index contributed by atoms with van der Waals surface area (Å²) in [6.45, 7) is 4.34. The van der Waals surface area contributed by atoms with Crippen LogP contribution in [-0.4, -0.2) is 6.54 Å². The quantitative estimate of drug-likeness (QED) is 0.777. The van der Waals surface area contributed by atoms with Gasteiger partial charge in [0.2, 0.25) is 0 Å². The summed E-state index contributed by atoms with van der Waals surface area (Å²) in [7, 11) is 0. The molecule has 0 fully saturated rings. The van der Waals surface area contributed by atoms with Crippen molar-refractivity contribution in [3.05, 3.63) is 34.3 Å². The van der Waals surface area contributed by atoms with Crippen LogP contribution in [0.25, 0.3) is 0 Å². The summed E-state index contributed by atoms with van der Waals surface area (Å²) < 4.78 is 1.15. The first kappa shape index (κ1) is 14.9. The maximum absolute atomic E-state index is 3.44. The van der Waals surface area contributed by atoms with Gasteiger partial charge < -0.3 is 5.32 Å². The molecule has 0 aliphatic heterocycles. The Bertz CT molecular complexity index is 248. The van der Waals surface area contributed by atoms with Gasteiger partial charge in [0.15, 0.2) is 0 Å². The molecule has 0 radical (unpaired) electrons. The van der Waals surface area contributed by atoms with Gasteiger partial charge >= 0.3 is 0 Å². The largest absolute Gasteiger partial charge is 0.313 e. The Kier molecular flexibility index (Phi) is 9.17. The van der Waals surface area contributed by atoms with Crippen LogP contribution in [0.15, 0.2) is 28.7 Å². The molecule has 86 valence electrons. The summed E-state index contributed by atoms with van der Waals surface area (Å²) in [4.78, 5) is 0. The summed E-state index contributed by atoms with van der Waals surface area (Å²) >= 11 is 3.43. The van der Waals surface area contributed by atoms with Gasteiger partial charge in [0.1, 0.15) is 0 Å². The predicted molar refractivity (Wildman–Crippen MR) is 72.6 cm³/mol. The Morgan fingerprint density at radius 2 is 1.80 bits per heavy atom. The fourth-order valence-electron chi connectivity index (χ4n) is 1.33. The molecular weight excluding hydrogens is 273 g/mol. The maximum atomic E-state index is 3.44. The molecule has 1 aromatic carbocycles. The minimum absolute atomic E-state index is 0. The van der Waals surface area contributed by atoms with Crippen LogP contribution < -0.4 is 5.32 Å². The van der Waals surface area contributed by atoms with E-state index in [1.807, 2.05) is 0 Å². The molecule has 0 aliphatic carbocycles. The van der Waals surface area contributed by atoms with E-state index >= 15 is 0 Å². The Labute approximate surface area is 107 Å². The van der Waals surface area contributed by atoms with Crippen LogP contribution >= 0.6 is 28.3 Å². The zero-order valence-corrected chi connectivity index (χ0v) is 11.5. The number of nitrogens with one attached hydrogen (secondary N) is 1. The zero-order valence-electron chi connectivity index (χ0n) is 9.13. The van der Waals surface area contributed by atoms with Crippen LogP contribution in [0.3, 0.4) is 0 Å². The van der Waals surface area contributed by atoms with Gasteiger partial charge in [0, 0.05) is 11.0 Å². The monoisotopic (exact) mass is 291 g/mol. The van der Waals surface area contributed by atoms with Crippen LogP contribution in [-0.2, 0) is 6.54 Å². The molecule has 0 unspecified atom stereocenters. The van der Waals surface area contributed by atoms with Crippen molar-refractivity contribution in [2.45, 2.75) is 32.7 Å². The Morgan fingerprint density at radius 3 is 2.40 bits per heavy atom. The molecule has 0 bridgehead atoms. The first-order chi connectivity index (χ1) is 6.83. The van der Waals surface area contributed by atoms with E-state index in [1.165, 1.54) is 24.8 Å². The number of hydrogen-bond acceptors (Lipinski definition) is 1. The lowest BCUT2D eigenvalue weighted by Crippen LogP contribution is -2.14. The molecule has 15 heavy (non-hydrogen) atoms. The highest BCUT2D eigenvalue weighted by atomic mass is 79.9. The minimum atomic E-state index is 0. The molecule has 0 saturated heterocycles. The molecule has 0 amide bonds. The molecule has 1 aromatic rings. The van der Waals surface area contributed by atoms with E-state index in [0.29, 0.717) is 0 Å². The van der Waals surface area contributed by atoms with Crippen LogP contribution in [0.4, 0.5) is 0 Å². The fourth-order valence-corrected chi connectivity index (χ4v) is 1.60.